The van der Waals surface area contributed by atoms with Crippen molar-refractivity contribution in [1.82, 2.24) is 0 Å². The first-order valence-corrected chi connectivity index (χ1v) is 3.99. The molecule has 12 heavy (non-hydrogen) atoms. The summed E-state index contributed by atoms with van der Waals surface area (Å²) in [5.74, 6) is 4.76. The molecule has 3 nitrogen and oxygen atoms in total. The molecule has 0 aliphatic carbocycles. The van der Waals surface area contributed by atoms with E-state index in [0.717, 1.165) is 6.42 Å². The molecule has 0 amide bonds. The van der Waals surface area contributed by atoms with E-state index < -0.39 is 6.10 Å². The van der Waals surface area contributed by atoms with Crippen LogP contribution < -0.4 is 0 Å². The van der Waals surface area contributed by atoms with E-state index in [1.54, 1.807) is 6.92 Å². The van der Waals surface area contributed by atoms with Crippen LogP contribution in [0.5, 0.6) is 0 Å². The summed E-state index contributed by atoms with van der Waals surface area (Å²) in [7, 11) is 0. The van der Waals surface area contributed by atoms with Gasteiger partial charge in [-0.1, -0.05) is 18.8 Å². The highest BCUT2D eigenvalue weighted by Gasteiger charge is 1.97. The van der Waals surface area contributed by atoms with Gasteiger partial charge in [-0.2, -0.15) is 0 Å². The first-order valence-electron chi connectivity index (χ1n) is 3.99. The Hall–Kier alpha value is -1.01. The number of hydrogen-bond acceptors (Lipinski definition) is 3. The van der Waals surface area contributed by atoms with E-state index in [2.05, 4.69) is 11.8 Å². The molecule has 0 fully saturated rings. The molecular formula is C9H14O3. The van der Waals surface area contributed by atoms with Crippen LogP contribution in [0.3, 0.4) is 0 Å². The average molecular weight is 170 g/mol. The standard InChI is InChI=1S/C9H14O3/c1-3-5-9(11)12-7-4-6-8(2)10/h8,10H,3,5,7H2,1-2H3. The molecule has 1 N–H and O–H groups in total. The summed E-state index contributed by atoms with van der Waals surface area (Å²) < 4.78 is 4.71. The minimum Gasteiger partial charge on any atom is -0.452 e. The smallest absolute Gasteiger partial charge is 0.306 e. The molecule has 68 valence electrons. The lowest BCUT2D eigenvalue weighted by molar-refractivity contribution is -0.142. The maximum atomic E-state index is 10.7. The molecule has 0 aliphatic heterocycles. The molecule has 0 saturated carbocycles. The van der Waals surface area contributed by atoms with Crippen LogP contribution in [0.4, 0.5) is 0 Å². The lowest BCUT2D eigenvalue weighted by Gasteiger charge is -1.97. The Kier molecular flexibility index (Phi) is 6.12. The van der Waals surface area contributed by atoms with Gasteiger partial charge in [0.1, 0.15) is 6.10 Å². The summed E-state index contributed by atoms with van der Waals surface area (Å²) in [5.41, 5.74) is 0. The highest BCUT2D eigenvalue weighted by molar-refractivity contribution is 5.69. The van der Waals surface area contributed by atoms with Crippen LogP contribution in [0.1, 0.15) is 26.7 Å². The largest absolute Gasteiger partial charge is 0.452 e. The molecule has 0 saturated heterocycles. The third-order valence-electron chi connectivity index (χ3n) is 1.07. The van der Waals surface area contributed by atoms with Crippen molar-refractivity contribution < 1.29 is 14.6 Å². The van der Waals surface area contributed by atoms with E-state index in [4.69, 9.17) is 9.84 Å². The van der Waals surface area contributed by atoms with Crippen molar-refractivity contribution in [1.29, 1.82) is 0 Å². The zero-order valence-corrected chi connectivity index (χ0v) is 7.46. The van der Waals surface area contributed by atoms with E-state index in [0.29, 0.717) is 6.42 Å². The van der Waals surface area contributed by atoms with E-state index in [-0.39, 0.29) is 12.6 Å². The maximum absolute atomic E-state index is 10.7. The molecule has 1 unspecified atom stereocenters. The van der Waals surface area contributed by atoms with Gasteiger partial charge in [0.2, 0.25) is 0 Å². The van der Waals surface area contributed by atoms with Crippen LogP contribution in [-0.4, -0.2) is 23.8 Å². The van der Waals surface area contributed by atoms with Crippen LogP contribution >= 0.6 is 0 Å². The van der Waals surface area contributed by atoms with Gasteiger partial charge in [0.05, 0.1) is 0 Å². The molecule has 0 spiro atoms. The van der Waals surface area contributed by atoms with E-state index in [1.807, 2.05) is 6.92 Å². The minimum absolute atomic E-state index is 0.0731. The summed E-state index contributed by atoms with van der Waals surface area (Å²) >= 11 is 0. The van der Waals surface area contributed by atoms with Crippen LogP contribution in [0.15, 0.2) is 0 Å². The number of aliphatic hydroxyl groups excluding tert-OH is 1. The number of rotatable bonds is 3. The van der Waals surface area contributed by atoms with Crippen molar-refractivity contribution in [3.8, 4) is 11.8 Å². The van der Waals surface area contributed by atoms with Gasteiger partial charge in [-0.05, 0) is 13.3 Å². The third-order valence-corrected chi connectivity index (χ3v) is 1.07. The fourth-order valence-electron chi connectivity index (χ4n) is 0.582. The average Bonchev–Trinajstić information content (AvgIpc) is 1.98. The topological polar surface area (TPSA) is 46.5 Å². The summed E-state index contributed by atoms with van der Waals surface area (Å²) in [6.07, 6.45) is 0.550. The summed E-state index contributed by atoms with van der Waals surface area (Å²) in [6, 6.07) is 0. The predicted octanol–water partition coefficient (Wildman–Crippen LogP) is 0.714. The van der Waals surface area contributed by atoms with Gasteiger partial charge in [0.25, 0.3) is 0 Å². The molecule has 0 rings (SSSR count). The molecule has 0 radical (unpaired) electrons. The van der Waals surface area contributed by atoms with Gasteiger partial charge in [0.15, 0.2) is 6.61 Å². The molecule has 0 heterocycles. The highest BCUT2D eigenvalue weighted by Crippen LogP contribution is 1.89. The first kappa shape index (κ1) is 11.0. The Bertz CT molecular complexity index is 186. The van der Waals surface area contributed by atoms with Gasteiger partial charge in [-0.3, -0.25) is 4.79 Å². The molecular weight excluding hydrogens is 156 g/mol. The van der Waals surface area contributed by atoms with Crippen molar-refractivity contribution in [2.24, 2.45) is 0 Å². The van der Waals surface area contributed by atoms with E-state index >= 15 is 0 Å². The van der Waals surface area contributed by atoms with Crippen molar-refractivity contribution in [3.05, 3.63) is 0 Å². The van der Waals surface area contributed by atoms with Gasteiger partial charge in [-0.25, -0.2) is 0 Å². The quantitative estimate of drug-likeness (QED) is 0.501. The third kappa shape index (κ3) is 7.10. The normalized spacial score (nSPS) is 11.2. The molecule has 0 aromatic rings. The SMILES string of the molecule is CCCC(=O)OCC#CC(C)O. The minimum atomic E-state index is -0.658. The number of carbonyl (C=O) groups excluding carboxylic acids is 1. The Balaban J connectivity index is 3.45. The molecule has 0 aromatic carbocycles. The van der Waals surface area contributed by atoms with Crippen molar-refractivity contribution in [2.75, 3.05) is 6.61 Å². The zero-order chi connectivity index (χ0) is 9.40. The summed E-state index contributed by atoms with van der Waals surface area (Å²) in [6.45, 7) is 3.54. The van der Waals surface area contributed by atoms with E-state index in [9.17, 15) is 4.79 Å². The van der Waals surface area contributed by atoms with Gasteiger partial charge < -0.3 is 9.84 Å². The monoisotopic (exact) mass is 170 g/mol. The maximum Gasteiger partial charge on any atom is 0.306 e. The van der Waals surface area contributed by atoms with Crippen LogP contribution in [0, 0.1) is 11.8 Å². The number of hydrogen-bond donors (Lipinski definition) is 1. The summed E-state index contributed by atoms with van der Waals surface area (Å²) in [5, 5.41) is 8.71. The fraction of sp³-hybridized carbons (Fsp3) is 0.667. The van der Waals surface area contributed by atoms with Crippen molar-refractivity contribution in [3.63, 3.8) is 0 Å². The number of ether oxygens (including phenoxy) is 1. The molecule has 1 atom stereocenters. The number of carbonyl (C=O) groups is 1. The first-order chi connectivity index (χ1) is 5.66. The molecule has 0 aliphatic rings. The van der Waals surface area contributed by atoms with Gasteiger partial charge >= 0.3 is 5.97 Å². The van der Waals surface area contributed by atoms with Gasteiger partial charge in [0, 0.05) is 6.42 Å². The predicted molar refractivity (Wildman–Crippen MR) is 45.3 cm³/mol. The highest BCUT2D eigenvalue weighted by atomic mass is 16.5. The molecule has 3 heteroatoms. The second-order valence-corrected chi connectivity index (χ2v) is 2.41. The van der Waals surface area contributed by atoms with Crippen LogP contribution in [0.25, 0.3) is 0 Å². The Morgan fingerprint density at radius 1 is 1.67 bits per heavy atom. The second kappa shape index (κ2) is 6.68. The van der Waals surface area contributed by atoms with Crippen molar-refractivity contribution in [2.45, 2.75) is 32.8 Å². The lowest BCUT2D eigenvalue weighted by atomic mass is 10.3. The van der Waals surface area contributed by atoms with Gasteiger partial charge in [-0.15, -0.1) is 0 Å². The zero-order valence-electron chi connectivity index (χ0n) is 7.46. The number of esters is 1. The number of aliphatic hydroxyl groups is 1. The molecule has 0 aromatic heterocycles. The fourth-order valence-corrected chi connectivity index (χ4v) is 0.582. The van der Waals surface area contributed by atoms with E-state index in [1.165, 1.54) is 0 Å². The van der Waals surface area contributed by atoms with Crippen LogP contribution in [-0.2, 0) is 9.53 Å². The molecule has 0 bridgehead atoms. The Morgan fingerprint density at radius 3 is 2.83 bits per heavy atom. The Morgan fingerprint density at radius 2 is 2.33 bits per heavy atom. The second-order valence-electron chi connectivity index (χ2n) is 2.41. The van der Waals surface area contributed by atoms with Crippen LogP contribution in [0.2, 0.25) is 0 Å². The lowest BCUT2D eigenvalue weighted by Crippen LogP contribution is -2.04. The Labute approximate surface area is 72.7 Å². The van der Waals surface area contributed by atoms with Crippen molar-refractivity contribution >= 4 is 5.97 Å². The summed E-state index contributed by atoms with van der Waals surface area (Å²) in [4.78, 5) is 10.7.